The van der Waals surface area contributed by atoms with Crippen LogP contribution in [-0.2, 0) is 14.4 Å². The first-order chi connectivity index (χ1) is 17.4. The van der Waals surface area contributed by atoms with Gasteiger partial charge in [-0.1, -0.05) is 58.4 Å². The van der Waals surface area contributed by atoms with Gasteiger partial charge in [0.1, 0.15) is 5.25 Å². The molecule has 4 rings (SSSR count). The number of halogens is 1. The van der Waals surface area contributed by atoms with Gasteiger partial charge in [0, 0.05) is 20.7 Å². The Morgan fingerprint density at radius 1 is 0.806 bits per heavy atom. The number of allylic oxidation sites excluding steroid dienone is 2. The van der Waals surface area contributed by atoms with Gasteiger partial charge in [-0.05, 0) is 66.9 Å². The van der Waals surface area contributed by atoms with Gasteiger partial charge in [0.05, 0.1) is 11.8 Å². The average Bonchev–Trinajstić information content (AvgIpc) is 2.90. The van der Waals surface area contributed by atoms with Crippen LogP contribution in [-0.4, -0.2) is 22.9 Å². The molecule has 3 unspecified atom stereocenters. The number of carboxylic acid groups (broad SMARTS) is 1. The van der Waals surface area contributed by atoms with Crippen LogP contribution in [0.3, 0.4) is 0 Å². The van der Waals surface area contributed by atoms with Crippen molar-refractivity contribution in [1.29, 1.82) is 0 Å². The maximum absolute atomic E-state index is 13.2. The van der Waals surface area contributed by atoms with Crippen molar-refractivity contribution in [3.63, 3.8) is 0 Å². The Balaban J connectivity index is 1.46. The van der Waals surface area contributed by atoms with Crippen LogP contribution in [0.5, 0.6) is 0 Å². The smallest absolute Gasteiger partial charge is 0.307 e. The molecule has 0 fully saturated rings. The van der Waals surface area contributed by atoms with Crippen LogP contribution in [0.1, 0.15) is 23.7 Å². The minimum absolute atomic E-state index is 0.143. The van der Waals surface area contributed by atoms with Gasteiger partial charge in [0.2, 0.25) is 11.8 Å². The van der Waals surface area contributed by atoms with Gasteiger partial charge in [-0.25, -0.2) is 0 Å². The van der Waals surface area contributed by atoms with Crippen molar-refractivity contribution >= 4 is 56.9 Å². The number of carbonyl (C=O) groups is 3. The molecule has 0 saturated carbocycles. The van der Waals surface area contributed by atoms with Crippen LogP contribution >= 0.6 is 27.7 Å². The van der Waals surface area contributed by atoms with E-state index in [-0.39, 0.29) is 11.8 Å². The number of hydrogen-bond donors (Lipinski definition) is 3. The molecule has 8 heteroatoms. The first kappa shape index (κ1) is 25.7. The maximum Gasteiger partial charge on any atom is 0.307 e. The predicted octanol–water partition coefficient (Wildman–Crippen LogP) is 6.53. The third kappa shape index (κ3) is 6.65. The van der Waals surface area contributed by atoms with Crippen LogP contribution in [0.25, 0.3) is 0 Å². The lowest BCUT2D eigenvalue weighted by atomic mass is 9.82. The van der Waals surface area contributed by atoms with Crippen molar-refractivity contribution in [3.8, 4) is 0 Å². The second-order valence-corrected chi connectivity index (χ2v) is 10.5. The van der Waals surface area contributed by atoms with Crippen molar-refractivity contribution in [3.05, 3.63) is 101 Å². The van der Waals surface area contributed by atoms with Gasteiger partial charge in [-0.3, -0.25) is 14.4 Å². The van der Waals surface area contributed by atoms with Gasteiger partial charge in [0.25, 0.3) is 0 Å². The summed E-state index contributed by atoms with van der Waals surface area (Å²) < 4.78 is 0.931. The first-order valence-electron chi connectivity index (χ1n) is 11.5. The summed E-state index contributed by atoms with van der Waals surface area (Å²) in [6.45, 7) is 0. The molecule has 0 aliphatic heterocycles. The third-order valence-corrected chi connectivity index (χ3v) is 7.71. The topological polar surface area (TPSA) is 95.5 Å². The molecule has 3 aromatic carbocycles. The van der Waals surface area contributed by atoms with Crippen molar-refractivity contribution in [2.45, 2.75) is 23.0 Å². The Kier molecular flexibility index (Phi) is 8.61. The number of aliphatic carboxylic acids is 1. The van der Waals surface area contributed by atoms with E-state index in [1.165, 1.54) is 11.8 Å². The lowest BCUT2D eigenvalue weighted by Crippen LogP contribution is -2.34. The van der Waals surface area contributed by atoms with E-state index in [9.17, 15) is 19.5 Å². The molecule has 6 nitrogen and oxygen atoms in total. The van der Waals surface area contributed by atoms with Crippen molar-refractivity contribution in [1.82, 2.24) is 0 Å². The van der Waals surface area contributed by atoms with Crippen LogP contribution in [0.15, 0.2) is 100 Å². The van der Waals surface area contributed by atoms with Crippen molar-refractivity contribution < 1.29 is 19.5 Å². The van der Waals surface area contributed by atoms with Gasteiger partial charge < -0.3 is 15.7 Å². The Bertz CT molecular complexity index is 1250. The van der Waals surface area contributed by atoms with E-state index in [2.05, 4.69) is 26.6 Å². The summed E-state index contributed by atoms with van der Waals surface area (Å²) >= 11 is 4.81. The second kappa shape index (κ2) is 12.1. The minimum Gasteiger partial charge on any atom is -0.481 e. The molecular weight excluding hydrogens is 540 g/mol. The summed E-state index contributed by atoms with van der Waals surface area (Å²) in [5, 5.41) is 14.8. The fourth-order valence-corrected chi connectivity index (χ4v) is 5.30. The normalized spacial score (nSPS) is 17.7. The number of amides is 2. The molecule has 0 radical (unpaired) electrons. The highest BCUT2D eigenvalue weighted by atomic mass is 79.9. The standard InChI is InChI=1S/C28H25BrN2O4S/c29-19-10-12-20(13-11-19)31-27(33)25(18-6-2-1-3-7-18)36-22-16-14-21(15-17-22)30-26(32)23-8-4-5-9-24(23)28(34)35/h1-7,10-17,23-25H,8-9H2,(H,30,32)(H,31,33)(H,34,35). The molecule has 0 aromatic heterocycles. The highest BCUT2D eigenvalue weighted by molar-refractivity contribution is 9.10. The zero-order chi connectivity index (χ0) is 25.5. The second-order valence-electron chi connectivity index (χ2n) is 8.41. The van der Waals surface area contributed by atoms with E-state index in [1.54, 1.807) is 12.1 Å². The van der Waals surface area contributed by atoms with Gasteiger partial charge >= 0.3 is 5.97 Å². The van der Waals surface area contributed by atoms with E-state index in [0.29, 0.717) is 24.2 Å². The molecule has 3 atom stereocenters. The number of benzene rings is 3. The van der Waals surface area contributed by atoms with E-state index in [0.717, 1.165) is 14.9 Å². The molecule has 0 heterocycles. The molecule has 3 aromatic rings. The SMILES string of the molecule is O=C(Nc1ccc(Br)cc1)C(Sc1ccc(NC(=O)C2CC=CCC2C(=O)O)cc1)c1ccccc1. The van der Waals surface area contributed by atoms with Gasteiger partial charge in [-0.2, -0.15) is 0 Å². The lowest BCUT2D eigenvalue weighted by Gasteiger charge is -2.24. The van der Waals surface area contributed by atoms with Crippen LogP contribution in [0, 0.1) is 11.8 Å². The maximum atomic E-state index is 13.2. The van der Waals surface area contributed by atoms with Gasteiger partial charge in [0.15, 0.2) is 0 Å². The Morgan fingerprint density at radius 2 is 1.39 bits per heavy atom. The highest BCUT2D eigenvalue weighted by Gasteiger charge is 2.34. The monoisotopic (exact) mass is 564 g/mol. The van der Waals surface area contributed by atoms with Crippen LogP contribution in [0.2, 0.25) is 0 Å². The average molecular weight is 565 g/mol. The van der Waals surface area contributed by atoms with Crippen molar-refractivity contribution in [2.24, 2.45) is 11.8 Å². The molecule has 0 spiro atoms. The van der Waals surface area contributed by atoms with E-state index in [4.69, 9.17) is 0 Å². The number of thioether (sulfide) groups is 1. The molecule has 0 saturated heterocycles. The summed E-state index contributed by atoms with van der Waals surface area (Å²) in [5.74, 6) is -2.73. The zero-order valence-electron chi connectivity index (χ0n) is 19.3. The summed E-state index contributed by atoms with van der Waals surface area (Å²) in [6, 6.07) is 24.2. The van der Waals surface area contributed by atoms with E-state index in [1.807, 2.05) is 78.9 Å². The quantitative estimate of drug-likeness (QED) is 0.213. The molecule has 184 valence electrons. The molecule has 1 aliphatic rings. The molecule has 1 aliphatic carbocycles. The number of carboxylic acids is 1. The number of rotatable bonds is 8. The zero-order valence-corrected chi connectivity index (χ0v) is 21.7. The Labute approximate surface area is 222 Å². The summed E-state index contributed by atoms with van der Waals surface area (Å²) in [7, 11) is 0. The third-order valence-electron chi connectivity index (χ3n) is 5.91. The minimum atomic E-state index is -0.959. The predicted molar refractivity (Wildman–Crippen MR) is 146 cm³/mol. The first-order valence-corrected chi connectivity index (χ1v) is 13.1. The number of nitrogens with one attached hydrogen (secondary N) is 2. The van der Waals surface area contributed by atoms with Gasteiger partial charge in [-0.15, -0.1) is 11.8 Å². The molecule has 0 bridgehead atoms. The number of anilines is 2. The summed E-state index contributed by atoms with van der Waals surface area (Å²) in [5.41, 5.74) is 2.16. The van der Waals surface area contributed by atoms with E-state index < -0.39 is 23.1 Å². The highest BCUT2D eigenvalue weighted by Crippen LogP contribution is 2.37. The molecule has 36 heavy (non-hydrogen) atoms. The Hall–Kier alpha value is -3.36. The molecular formula is C28H25BrN2O4S. The van der Waals surface area contributed by atoms with E-state index >= 15 is 0 Å². The number of carbonyl (C=O) groups excluding carboxylic acids is 2. The fourth-order valence-electron chi connectivity index (χ4n) is 4.01. The summed E-state index contributed by atoms with van der Waals surface area (Å²) in [4.78, 5) is 38.3. The van der Waals surface area contributed by atoms with Crippen molar-refractivity contribution in [2.75, 3.05) is 10.6 Å². The summed E-state index contributed by atoms with van der Waals surface area (Å²) in [6.07, 6.45) is 4.42. The van der Waals surface area contributed by atoms with Crippen LogP contribution in [0.4, 0.5) is 11.4 Å². The van der Waals surface area contributed by atoms with Crippen LogP contribution < -0.4 is 10.6 Å². The number of hydrogen-bond acceptors (Lipinski definition) is 4. The fraction of sp³-hybridized carbons (Fsp3) is 0.179. The largest absolute Gasteiger partial charge is 0.481 e. The Morgan fingerprint density at radius 3 is 2.03 bits per heavy atom. The lowest BCUT2D eigenvalue weighted by molar-refractivity contribution is -0.146. The molecule has 3 N–H and O–H groups in total. The molecule has 2 amide bonds.